The molecule has 18 heavy (non-hydrogen) atoms. The van der Waals surface area contributed by atoms with Gasteiger partial charge in [0.05, 0.1) is 5.56 Å². The molecule has 1 aromatic heterocycles. The molecule has 6 heteroatoms. The summed E-state index contributed by atoms with van der Waals surface area (Å²) in [4.78, 5) is 3.60. The van der Waals surface area contributed by atoms with Crippen molar-refractivity contribution < 1.29 is 22.7 Å². The van der Waals surface area contributed by atoms with Gasteiger partial charge in [0.1, 0.15) is 0 Å². The summed E-state index contributed by atoms with van der Waals surface area (Å²) in [5.41, 5.74) is -1.13. The van der Waals surface area contributed by atoms with E-state index in [4.69, 9.17) is 5.11 Å². The first-order valence-corrected chi connectivity index (χ1v) is 4.89. The number of phenolic OH excluding ortho intramolecular Hbond substituents is 1. The second-order valence-corrected chi connectivity index (χ2v) is 3.59. The quantitative estimate of drug-likeness (QED) is 0.791. The summed E-state index contributed by atoms with van der Waals surface area (Å²) in [5.74, 6) is -1.60. The average Bonchev–Trinajstić information content (AvgIpc) is 2.32. The lowest BCUT2D eigenvalue weighted by Crippen LogP contribution is -2.07. The Bertz CT molecular complexity index is 581. The Hall–Kier alpha value is -2.11. The highest BCUT2D eigenvalue weighted by Crippen LogP contribution is 2.37. The highest BCUT2D eigenvalue weighted by Gasteiger charge is 2.33. The van der Waals surface area contributed by atoms with Crippen molar-refractivity contribution >= 4 is 0 Å². The van der Waals surface area contributed by atoms with Gasteiger partial charge in [-0.1, -0.05) is 6.07 Å². The predicted octanol–water partition coefficient (Wildman–Crippen LogP) is 3.61. The van der Waals surface area contributed by atoms with Crippen molar-refractivity contribution in [2.24, 2.45) is 0 Å². The number of hydrogen-bond donors (Lipinski definition) is 1. The highest BCUT2D eigenvalue weighted by atomic mass is 19.4. The Labute approximate surface area is 99.5 Å². The van der Waals surface area contributed by atoms with Gasteiger partial charge < -0.3 is 5.11 Å². The van der Waals surface area contributed by atoms with E-state index in [1.165, 1.54) is 6.07 Å². The van der Waals surface area contributed by atoms with E-state index in [0.717, 1.165) is 30.6 Å². The molecule has 0 saturated heterocycles. The Morgan fingerprint density at radius 2 is 1.83 bits per heavy atom. The van der Waals surface area contributed by atoms with Crippen molar-refractivity contribution in [3.63, 3.8) is 0 Å². The minimum absolute atomic E-state index is 0.00530. The Morgan fingerprint density at radius 1 is 1.11 bits per heavy atom. The molecule has 1 N–H and O–H groups in total. The summed E-state index contributed by atoms with van der Waals surface area (Å²) < 4.78 is 51.4. The van der Waals surface area contributed by atoms with E-state index in [1.54, 1.807) is 0 Å². The van der Waals surface area contributed by atoms with Crippen LogP contribution in [0.3, 0.4) is 0 Å². The molecule has 94 valence electrons. The summed E-state index contributed by atoms with van der Waals surface area (Å²) in [7, 11) is 0. The van der Waals surface area contributed by atoms with Gasteiger partial charge in [-0.25, -0.2) is 4.39 Å². The maximum absolute atomic E-state index is 13.1. The van der Waals surface area contributed by atoms with Gasteiger partial charge >= 0.3 is 6.18 Å². The molecule has 2 rings (SSSR count). The first kappa shape index (κ1) is 12.3. The molecule has 0 radical (unpaired) electrons. The van der Waals surface area contributed by atoms with Gasteiger partial charge in [-0.15, -0.1) is 0 Å². The maximum Gasteiger partial charge on any atom is 0.417 e. The van der Waals surface area contributed by atoms with Gasteiger partial charge in [-0.3, -0.25) is 4.98 Å². The van der Waals surface area contributed by atoms with Gasteiger partial charge in [-0.2, -0.15) is 13.2 Å². The number of benzene rings is 1. The summed E-state index contributed by atoms with van der Waals surface area (Å²) in [6.45, 7) is 0. The SMILES string of the molecule is Oc1ccc(-c2cnccc2C(F)(F)F)cc1F. The minimum atomic E-state index is -4.55. The van der Waals surface area contributed by atoms with Crippen LogP contribution in [0.15, 0.2) is 36.7 Å². The molecule has 2 aromatic rings. The zero-order chi connectivity index (χ0) is 13.3. The molecule has 0 saturated carbocycles. The van der Waals surface area contributed by atoms with Crippen molar-refractivity contribution in [1.82, 2.24) is 4.98 Å². The molecular weight excluding hydrogens is 250 g/mol. The molecule has 1 aromatic carbocycles. The van der Waals surface area contributed by atoms with Gasteiger partial charge in [0.2, 0.25) is 0 Å². The van der Waals surface area contributed by atoms with Crippen LogP contribution in [0.4, 0.5) is 17.6 Å². The standard InChI is InChI=1S/C12H7F4NO/c13-10-5-7(1-2-11(10)18)8-6-17-4-3-9(8)12(14,15)16/h1-6,18H. The minimum Gasteiger partial charge on any atom is -0.505 e. The van der Waals surface area contributed by atoms with Crippen LogP contribution in [0.1, 0.15) is 5.56 Å². The Morgan fingerprint density at radius 3 is 2.44 bits per heavy atom. The molecule has 1 heterocycles. The van der Waals surface area contributed by atoms with Gasteiger partial charge in [0.15, 0.2) is 11.6 Å². The van der Waals surface area contributed by atoms with E-state index in [-0.39, 0.29) is 11.1 Å². The Kier molecular flexibility index (Phi) is 2.94. The van der Waals surface area contributed by atoms with Gasteiger partial charge in [-0.05, 0) is 23.8 Å². The van der Waals surface area contributed by atoms with Crippen molar-refractivity contribution in [2.75, 3.05) is 0 Å². The monoisotopic (exact) mass is 257 g/mol. The molecule has 0 aliphatic rings. The number of alkyl halides is 3. The second kappa shape index (κ2) is 4.29. The first-order chi connectivity index (χ1) is 8.39. The number of hydrogen-bond acceptors (Lipinski definition) is 2. The van der Waals surface area contributed by atoms with Crippen LogP contribution in [0.25, 0.3) is 11.1 Å². The van der Waals surface area contributed by atoms with Crippen LogP contribution in [0.5, 0.6) is 5.75 Å². The topological polar surface area (TPSA) is 33.1 Å². The lowest BCUT2D eigenvalue weighted by Gasteiger charge is -2.12. The molecule has 0 fully saturated rings. The molecule has 2 nitrogen and oxygen atoms in total. The van der Waals surface area contributed by atoms with Crippen LogP contribution in [0, 0.1) is 5.82 Å². The van der Waals surface area contributed by atoms with E-state index in [2.05, 4.69) is 4.98 Å². The smallest absolute Gasteiger partial charge is 0.417 e. The van der Waals surface area contributed by atoms with E-state index >= 15 is 0 Å². The summed E-state index contributed by atoms with van der Waals surface area (Å²) in [6.07, 6.45) is -2.52. The summed E-state index contributed by atoms with van der Waals surface area (Å²) in [5, 5.41) is 9.01. The van der Waals surface area contributed by atoms with Crippen molar-refractivity contribution in [3.05, 3.63) is 48.0 Å². The summed E-state index contributed by atoms with van der Waals surface area (Å²) >= 11 is 0. The fourth-order valence-electron chi connectivity index (χ4n) is 1.55. The molecule has 0 atom stereocenters. The summed E-state index contributed by atoms with van der Waals surface area (Å²) in [6, 6.07) is 3.85. The molecule has 0 spiro atoms. The fraction of sp³-hybridized carbons (Fsp3) is 0.0833. The lowest BCUT2D eigenvalue weighted by molar-refractivity contribution is -0.137. The maximum atomic E-state index is 13.1. The number of aromatic hydroxyl groups is 1. The Balaban J connectivity index is 2.61. The lowest BCUT2D eigenvalue weighted by atomic mass is 10.0. The van der Waals surface area contributed by atoms with E-state index < -0.39 is 23.3 Å². The number of rotatable bonds is 1. The van der Waals surface area contributed by atoms with E-state index in [9.17, 15) is 17.6 Å². The van der Waals surface area contributed by atoms with Crippen molar-refractivity contribution in [2.45, 2.75) is 6.18 Å². The number of halogens is 4. The molecule has 0 unspecified atom stereocenters. The average molecular weight is 257 g/mol. The fourth-order valence-corrected chi connectivity index (χ4v) is 1.55. The third-order valence-electron chi connectivity index (χ3n) is 2.39. The number of pyridine rings is 1. The number of phenols is 1. The largest absolute Gasteiger partial charge is 0.505 e. The van der Waals surface area contributed by atoms with Crippen molar-refractivity contribution in [3.8, 4) is 16.9 Å². The second-order valence-electron chi connectivity index (χ2n) is 3.59. The van der Waals surface area contributed by atoms with Gasteiger partial charge in [0.25, 0.3) is 0 Å². The number of aromatic nitrogens is 1. The first-order valence-electron chi connectivity index (χ1n) is 4.89. The van der Waals surface area contributed by atoms with Crippen LogP contribution in [0.2, 0.25) is 0 Å². The molecule has 0 bridgehead atoms. The van der Waals surface area contributed by atoms with E-state index in [0.29, 0.717) is 0 Å². The molecular formula is C12H7F4NO. The molecule has 0 aliphatic heterocycles. The van der Waals surface area contributed by atoms with E-state index in [1.807, 2.05) is 0 Å². The zero-order valence-electron chi connectivity index (χ0n) is 8.87. The van der Waals surface area contributed by atoms with Crippen molar-refractivity contribution in [1.29, 1.82) is 0 Å². The third-order valence-corrected chi connectivity index (χ3v) is 2.39. The van der Waals surface area contributed by atoms with Crippen LogP contribution in [-0.4, -0.2) is 10.1 Å². The van der Waals surface area contributed by atoms with Crippen LogP contribution < -0.4 is 0 Å². The van der Waals surface area contributed by atoms with Crippen LogP contribution >= 0.6 is 0 Å². The van der Waals surface area contributed by atoms with Crippen LogP contribution in [-0.2, 0) is 6.18 Å². The normalized spacial score (nSPS) is 11.6. The zero-order valence-corrected chi connectivity index (χ0v) is 8.87. The predicted molar refractivity (Wildman–Crippen MR) is 56.3 cm³/mol. The molecule has 0 amide bonds. The molecule has 0 aliphatic carbocycles. The highest BCUT2D eigenvalue weighted by molar-refractivity contribution is 5.67. The number of nitrogens with zero attached hydrogens (tertiary/aromatic N) is 1. The third kappa shape index (κ3) is 2.27. The van der Waals surface area contributed by atoms with Gasteiger partial charge in [0, 0.05) is 18.0 Å².